The van der Waals surface area contributed by atoms with Gasteiger partial charge in [0.1, 0.15) is 6.04 Å². The predicted octanol–water partition coefficient (Wildman–Crippen LogP) is 1.19. The fourth-order valence-corrected chi connectivity index (χ4v) is 4.05. The van der Waals surface area contributed by atoms with Crippen molar-refractivity contribution in [2.24, 2.45) is 0 Å². The minimum atomic E-state index is -0.945. The molecule has 0 spiro atoms. The third-order valence-corrected chi connectivity index (χ3v) is 5.50. The zero-order valence-electron chi connectivity index (χ0n) is 11.7. The lowest BCUT2D eigenvalue weighted by molar-refractivity contribution is -0.141. The molecule has 2 unspecified atom stereocenters. The standard InChI is InChI=1S/C13H22N2O4S/c1-2-11-15(10(8-20-11)12(17)18)13(19)14(6-7-16)9-4-3-5-9/h9-11,16H,2-8H2,1H3,(H,17,18). The molecular weight excluding hydrogens is 280 g/mol. The SMILES string of the molecule is CCC1SCC(C(=O)O)N1C(=O)N(CCO)C1CCC1. The highest BCUT2D eigenvalue weighted by molar-refractivity contribution is 8.00. The number of urea groups is 1. The number of hydrogen-bond acceptors (Lipinski definition) is 4. The highest BCUT2D eigenvalue weighted by Crippen LogP contribution is 2.34. The molecule has 0 aromatic heterocycles. The Balaban J connectivity index is 2.15. The summed E-state index contributed by atoms with van der Waals surface area (Å²) in [5.41, 5.74) is 0. The Morgan fingerprint density at radius 2 is 2.10 bits per heavy atom. The Hall–Kier alpha value is -0.950. The second kappa shape index (κ2) is 6.67. The molecule has 6 nitrogen and oxygen atoms in total. The van der Waals surface area contributed by atoms with Crippen LogP contribution >= 0.6 is 11.8 Å². The number of carbonyl (C=O) groups excluding carboxylic acids is 1. The van der Waals surface area contributed by atoms with Crippen molar-refractivity contribution in [3.05, 3.63) is 0 Å². The fraction of sp³-hybridized carbons (Fsp3) is 0.846. The summed E-state index contributed by atoms with van der Waals surface area (Å²) in [6.07, 6.45) is 3.72. The number of nitrogens with zero attached hydrogens (tertiary/aromatic N) is 2. The van der Waals surface area contributed by atoms with Crippen LogP contribution in [-0.4, -0.2) is 68.4 Å². The van der Waals surface area contributed by atoms with E-state index in [1.54, 1.807) is 4.90 Å². The van der Waals surface area contributed by atoms with Gasteiger partial charge in [-0.2, -0.15) is 0 Å². The van der Waals surface area contributed by atoms with E-state index >= 15 is 0 Å². The van der Waals surface area contributed by atoms with Crippen molar-refractivity contribution in [1.82, 2.24) is 9.80 Å². The highest BCUT2D eigenvalue weighted by Gasteiger charge is 2.44. The van der Waals surface area contributed by atoms with E-state index in [1.807, 2.05) is 6.92 Å². The molecule has 2 atom stereocenters. The molecular formula is C13H22N2O4S. The van der Waals surface area contributed by atoms with Crippen LogP contribution in [0.1, 0.15) is 32.6 Å². The van der Waals surface area contributed by atoms with Crippen molar-refractivity contribution < 1.29 is 19.8 Å². The summed E-state index contributed by atoms with van der Waals surface area (Å²) in [6.45, 7) is 2.16. The average molecular weight is 302 g/mol. The molecule has 0 bridgehead atoms. The van der Waals surface area contributed by atoms with Crippen LogP contribution in [0.25, 0.3) is 0 Å². The van der Waals surface area contributed by atoms with E-state index in [-0.39, 0.29) is 30.6 Å². The first-order valence-corrected chi connectivity index (χ1v) is 8.19. The highest BCUT2D eigenvalue weighted by atomic mass is 32.2. The van der Waals surface area contributed by atoms with Crippen LogP contribution in [0, 0.1) is 0 Å². The van der Waals surface area contributed by atoms with Gasteiger partial charge < -0.3 is 15.1 Å². The van der Waals surface area contributed by atoms with Gasteiger partial charge in [0.2, 0.25) is 0 Å². The number of carboxylic acid groups (broad SMARTS) is 1. The Labute approximate surface area is 123 Å². The van der Waals surface area contributed by atoms with Crippen molar-refractivity contribution in [3.8, 4) is 0 Å². The third kappa shape index (κ3) is 2.88. The Morgan fingerprint density at radius 1 is 1.40 bits per heavy atom. The number of rotatable bonds is 5. The van der Waals surface area contributed by atoms with Crippen LogP contribution in [0.5, 0.6) is 0 Å². The van der Waals surface area contributed by atoms with Gasteiger partial charge in [0.05, 0.1) is 12.0 Å². The van der Waals surface area contributed by atoms with Gasteiger partial charge in [-0.25, -0.2) is 9.59 Å². The molecule has 0 radical (unpaired) electrons. The number of aliphatic hydroxyl groups is 1. The molecule has 2 fully saturated rings. The van der Waals surface area contributed by atoms with E-state index in [0.717, 1.165) is 25.7 Å². The molecule has 1 heterocycles. The van der Waals surface area contributed by atoms with Gasteiger partial charge in [0.25, 0.3) is 0 Å². The lowest BCUT2D eigenvalue weighted by Gasteiger charge is -2.41. The second-order valence-electron chi connectivity index (χ2n) is 5.24. The normalized spacial score (nSPS) is 26.4. The average Bonchev–Trinajstić information content (AvgIpc) is 2.79. The van der Waals surface area contributed by atoms with Gasteiger partial charge in [0.15, 0.2) is 0 Å². The van der Waals surface area contributed by atoms with E-state index in [2.05, 4.69) is 0 Å². The Morgan fingerprint density at radius 3 is 2.55 bits per heavy atom. The van der Waals surface area contributed by atoms with E-state index < -0.39 is 12.0 Å². The second-order valence-corrected chi connectivity index (χ2v) is 6.45. The molecule has 2 N–H and O–H groups in total. The zero-order valence-corrected chi connectivity index (χ0v) is 12.5. The molecule has 1 saturated heterocycles. The summed E-state index contributed by atoms with van der Waals surface area (Å²) in [7, 11) is 0. The number of hydrogen-bond donors (Lipinski definition) is 2. The molecule has 114 valence electrons. The summed E-state index contributed by atoms with van der Waals surface area (Å²) in [5.74, 6) is -0.503. The number of aliphatic hydroxyl groups excluding tert-OH is 1. The van der Waals surface area contributed by atoms with E-state index in [9.17, 15) is 14.7 Å². The summed E-state index contributed by atoms with van der Waals surface area (Å²) in [4.78, 5) is 27.2. The van der Waals surface area contributed by atoms with Crippen LogP contribution in [-0.2, 0) is 4.79 Å². The van der Waals surface area contributed by atoms with E-state index in [0.29, 0.717) is 5.75 Å². The maximum Gasteiger partial charge on any atom is 0.327 e. The lowest BCUT2D eigenvalue weighted by Crippen LogP contribution is -2.56. The summed E-state index contributed by atoms with van der Waals surface area (Å²) in [6, 6.07) is -0.820. The number of carboxylic acids is 1. The third-order valence-electron chi connectivity index (χ3n) is 4.05. The van der Waals surface area contributed by atoms with Gasteiger partial charge in [0, 0.05) is 18.3 Å². The van der Waals surface area contributed by atoms with Gasteiger partial charge >= 0.3 is 12.0 Å². The Kier molecular flexibility index (Phi) is 5.15. The van der Waals surface area contributed by atoms with Crippen LogP contribution < -0.4 is 0 Å². The summed E-state index contributed by atoms with van der Waals surface area (Å²) >= 11 is 1.52. The molecule has 0 aromatic rings. The van der Waals surface area contributed by atoms with Gasteiger partial charge in [-0.15, -0.1) is 11.8 Å². The number of carbonyl (C=O) groups is 2. The molecule has 2 aliphatic rings. The first-order chi connectivity index (χ1) is 9.60. The van der Waals surface area contributed by atoms with Gasteiger partial charge in [-0.3, -0.25) is 4.90 Å². The Bertz CT molecular complexity index is 375. The van der Waals surface area contributed by atoms with Crippen molar-refractivity contribution in [2.45, 2.75) is 50.1 Å². The maximum absolute atomic E-state index is 12.7. The van der Waals surface area contributed by atoms with Crippen LogP contribution in [0.4, 0.5) is 4.79 Å². The minimum absolute atomic E-state index is 0.0788. The molecule has 20 heavy (non-hydrogen) atoms. The number of thioether (sulfide) groups is 1. The zero-order chi connectivity index (χ0) is 14.7. The van der Waals surface area contributed by atoms with Gasteiger partial charge in [-0.05, 0) is 25.7 Å². The number of amides is 2. The fourth-order valence-electron chi connectivity index (χ4n) is 2.71. The number of aliphatic carboxylic acids is 1. The summed E-state index contributed by atoms with van der Waals surface area (Å²) in [5, 5.41) is 18.4. The molecule has 2 rings (SSSR count). The molecule has 1 aliphatic carbocycles. The quantitative estimate of drug-likeness (QED) is 0.797. The van der Waals surface area contributed by atoms with Crippen molar-refractivity contribution >= 4 is 23.8 Å². The monoisotopic (exact) mass is 302 g/mol. The van der Waals surface area contributed by atoms with E-state index in [4.69, 9.17) is 5.11 Å². The van der Waals surface area contributed by atoms with Crippen molar-refractivity contribution in [3.63, 3.8) is 0 Å². The molecule has 2 amide bonds. The largest absolute Gasteiger partial charge is 0.480 e. The van der Waals surface area contributed by atoms with Crippen molar-refractivity contribution in [2.75, 3.05) is 18.9 Å². The minimum Gasteiger partial charge on any atom is -0.480 e. The topological polar surface area (TPSA) is 81.1 Å². The van der Waals surface area contributed by atoms with Gasteiger partial charge in [-0.1, -0.05) is 6.92 Å². The first-order valence-electron chi connectivity index (χ1n) is 7.14. The lowest BCUT2D eigenvalue weighted by atomic mass is 9.91. The first kappa shape index (κ1) is 15.4. The van der Waals surface area contributed by atoms with Crippen molar-refractivity contribution in [1.29, 1.82) is 0 Å². The van der Waals surface area contributed by atoms with Crippen LogP contribution in [0.15, 0.2) is 0 Å². The summed E-state index contributed by atoms with van der Waals surface area (Å²) < 4.78 is 0. The van der Waals surface area contributed by atoms with Crippen LogP contribution in [0.2, 0.25) is 0 Å². The molecule has 1 aliphatic heterocycles. The maximum atomic E-state index is 12.7. The smallest absolute Gasteiger partial charge is 0.327 e. The molecule has 1 saturated carbocycles. The molecule has 7 heteroatoms. The molecule has 0 aromatic carbocycles. The van der Waals surface area contributed by atoms with Crippen LogP contribution in [0.3, 0.4) is 0 Å². The van der Waals surface area contributed by atoms with E-state index in [1.165, 1.54) is 16.7 Å². The predicted molar refractivity (Wildman–Crippen MR) is 76.6 cm³/mol.